The Morgan fingerprint density at radius 1 is 0.875 bits per heavy atom. The van der Waals surface area contributed by atoms with E-state index in [0.717, 1.165) is 33.8 Å². The smallest absolute Gasteiger partial charge is 0.221 e. The Labute approximate surface area is 148 Å². The van der Waals surface area contributed by atoms with Gasteiger partial charge in [-0.15, -0.1) is 11.3 Å². The molecule has 0 amide bonds. The number of hydrogen-bond acceptors (Lipinski definition) is 5. The number of thiophene rings is 2. The standard InChI is InChI=1S/C19H15N3S2/c20-19-21-17(14-8-10-23-12-14)15(11-13-5-2-1-3-6-13)18(22-19)16-7-4-9-24-16/h1-10,12H,11H2,(H2,20,21,22). The fourth-order valence-electron chi connectivity index (χ4n) is 2.72. The normalized spacial score (nSPS) is 10.8. The Hall–Kier alpha value is -2.50. The van der Waals surface area contributed by atoms with Crippen LogP contribution < -0.4 is 5.73 Å². The molecule has 4 aromatic rings. The van der Waals surface area contributed by atoms with Crippen LogP contribution in [0.2, 0.25) is 0 Å². The summed E-state index contributed by atoms with van der Waals surface area (Å²) in [6, 6.07) is 16.6. The number of anilines is 1. The van der Waals surface area contributed by atoms with Crippen LogP contribution in [-0.2, 0) is 6.42 Å². The molecule has 118 valence electrons. The minimum Gasteiger partial charge on any atom is -0.368 e. The number of nitrogen functional groups attached to an aromatic ring is 1. The molecule has 1 aromatic carbocycles. The van der Waals surface area contributed by atoms with E-state index in [1.165, 1.54) is 5.56 Å². The molecule has 0 unspecified atom stereocenters. The molecule has 2 N–H and O–H groups in total. The van der Waals surface area contributed by atoms with E-state index in [4.69, 9.17) is 5.73 Å². The molecule has 24 heavy (non-hydrogen) atoms. The Morgan fingerprint density at radius 2 is 1.71 bits per heavy atom. The summed E-state index contributed by atoms with van der Waals surface area (Å²) in [5, 5.41) is 6.23. The molecule has 0 fully saturated rings. The van der Waals surface area contributed by atoms with Gasteiger partial charge in [0.25, 0.3) is 0 Å². The van der Waals surface area contributed by atoms with Crippen LogP contribution in [0.25, 0.3) is 21.8 Å². The predicted molar refractivity (Wildman–Crippen MR) is 102 cm³/mol. The molecule has 0 radical (unpaired) electrons. The van der Waals surface area contributed by atoms with Crippen molar-refractivity contribution in [3.63, 3.8) is 0 Å². The van der Waals surface area contributed by atoms with E-state index in [0.29, 0.717) is 5.95 Å². The average molecular weight is 349 g/mol. The first-order chi connectivity index (χ1) is 11.8. The predicted octanol–water partition coefficient (Wildman–Crippen LogP) is 5.11. The van der Waals surface area contributed by atoms with Gasteiger partial charge in [0, 0.05) is 22.9 Å². The quantitative estimate of drug-likeness (QED) is 0.557. The van der Waals surface area contributed by atoms with Crippen LogP contribution in [0.3, 0.4) is 0 Å². The summed E-state index contributed by atoms with van der Waals surface area (Å²) in [6.07, 6.45) is 0.777. The lowest BCUT2D eigenvalue weighted by Gasteiger charge is -2.13. The van der Waals surface area contributed by atoms with Gasteiger partial charge in [-0.25, -0.2) is 9.97 Å². The minimum atomic E-state index is 0.316. The average Bonchev–Trinajstić information content (AvgIpc) is 3.31. The first kappa shape index (κ1) is 15.1. The maximum absolute atomic E-state index is 6.02. The van der Waals surface area contributed by atoms with E-state index in [-0.39, 0.29) is 0 Å². The summed E-state index contributed by atoms with van der Waals surface area (Å²) >= 11 is 3.33. The molecule has 3 aromatic heterocycles. The van der Waals surface area contributed by atoms with Crippen molar-refractivity contribution in [3.8, 4) is 21.8 Å². The second kappa shape index (κ2) is 6.55. The lowest BCUT2D eigenvalue weighted by molar-refractivity contribution is 1.10. The highest BCUT2D eigenvalue weighted by atomic mass is 32.1. The third-order valence-corrected chi connectivity index (χ3v) is 5.36. The summed E-state index contributed by atoms with van der Waals surface area (Å²) in [6.45, 7) is 0. The van der Waals surface area contributed by atoms with Gasteiger partial charge in [-0.2, -0.15) is 11.3 Å². The van der Waals surface area contributed by atoms with Gasteiger partial charge < -0.3 is 5.73 Å². The Morgan fingerprint density at radius 3 is 2.42 bits per heavy atom. The van der Waals surface area contributed by atoms with Crippen LogP contribution in [-0.4, -0.2) is 9.97 Å². The van der Waals surface area contributed by atoms with Gasteiger partial charge in [0.05, 0.1) is 16.3 Å². The summed E-state index contributed by atoms with van der Waals surface area (Å²) in [7, 11) is 0. The molecule has 0 saturated carbocycles. The number of benzene rings is 1. The molecule has 4 rings (SSSR count). The third kappa shape index (κ3) is 2.96. The Balaban J connectivity index is 1.93. The maximum Gasteiger partial charge on any atom is 0.221 e. The van der Waals surface area contributed by atoms with E-state index in [9.17, 15) is 0 Å². The van der Waals surface area contributed by atoms with Crippen molar-refractivity contribution in [3.05, 3.63) is 75.8 Å². The van der Waals surface area contributed by atoms with Gasteiger partial charge in [0.2, 0.25) is 5.95 Å². The van der Waals surface area contributed by atoms with Gasteiger partial charge in [0.1, 0.15) is 0 Å². The van der Waals surface area contributed by atoms with E-state index >= 15 is 0 Å². The van der Waals surface area contributed by atoms with Gasteiger partial charge in [-0.05, 0) is 28.5 Å². The fourth-order valence-corrected chi connectivity index (χ4v) is 4.11. The van der Waals surface area contributed by atoms with Crippen molar-refractivity contribution in [2.75, 3.05) is 5.73 Å². The number of aromatic nitrogens is 2. The molecule has 3 heterocycles. The molecule has 0 aliphatic carbocycles. The van der Waals surface area contributed by atoms with Crippen LogP contribution in [0.1, 0.15) is 11.1 Å². The zero-order chi connectivity index (χ0) is 16.4. The number of nitrogens with zero attached hydrogens (tertiary/aromatic N) is 2. The molecule has 0 atom stereocenters. The highest BCUT2D eigenvalue weighted by Crippen LogP contribution is 2.35. The van der Waals surface area contributed by atoms with E-state index in [2.05, 4.69) is 62.5 Å². The van der Waals surface area contributed by atoms with Gasteiger partial charge in [-0.1, -0.05) is 36.4 Å². The van der Waals surface area contributed by atoms with E-state index < -0.39 is 0 Å². The van der Waals surface area contributed by atoms with Crippen molar-refractivity contribution < 1.29 is 0 Å². The van der Waals surface area contributed by atoms with Crippen molar-refractivity contribution in [1.29, 1.82) is 0 Å². The molecule has 0 saturated heterocycles. The van der Waals surface area contributed by atoms with Gasteiger partial charge in [-0.3, -0.25) is 0 Å². The summed E-state index contributed by atoms with van der Waals surface area (Å²) < 4.78 is 0. The van der Waals surface area contributed by atoms with E-state index in [1.54, 1.807) is 22.7 Å². The summed E-state index contributed by atoms with van der Waals surface area (Å²) in [4.78, 5) is 10.2. The first-order valence-electron chi connectivity index (χ1n) is 7.58. The number of nitrogens with two attached hydrogens (primary N) is 1. The topological polar surface area (TPSA) is 51.8 Å². The van der Waals surface area contributed by atoms with Crippen molar-refractivity contribution >= 4 is 28.6 Å². The molecule has 0 aliphatic heterocycles. The second-order valence-electron chi connectivity index (χ2n) is 5.41. The molecule has 0 bridgehead atoms. The zero-order valence-corrected chi connectivity index (χ0v) is 14.5. The van der Waals surface area contributed by atoms with E-state index in [1.807, 2.05) is 12.1 Å². The summed E-state index contributed by atoms with van der Waals surface area (Å²) in [5.74, 6) is 0.316. The SMILES string of the molecule is Nc1nc(-c2ccsc2)c(Cc2ccccc2)c(-c2cccs2)n1. The lowest BCUT2D eigenvalue weighted by atomic mass is 9.98. The Kier molecular flexibility index (Phi) is 4.11. The van der Waals surface area contributed by atoms with Crippen LogP contribution in [0.4, 0.5) is 5.95 Å². The third-order valence-electron chi connectivity index (χ3n) is 3.80. The number of rotatable bonds is 4. The highest BCUT2D eigenvalue weighted by molar-refractivity contribution is 7.13. The molecule has 0 spiro atoms. The van der Waals surface area contributed by atoms with Crippen LogP contribution in [0.15, 0.2) is 64.7 Å². The van der Waals surface area contributed by atoms with Gasteiger partial charge >= 0.3 is 0 Å². The largest absolute Gasteiger partial charge is 0.368 e. The monoisotopic (exact) mass is 349 g/mol. The fraction of sp³-hybridized carbons (Fsp3) is 0.0526. The van der Waals surface area contributed by atoms with Crippen molar-refractivity contribution in [2.45, 2.75) is 6.42 Å². The van der Waals surface area contributed by atoms with Crippen LogP contribution in [0.5, 0.6) is 0 Å². The van der Waals surface area contributed by atoms with Gasteiger partial charge in [0.15, 0.2) is 0 Å². The summed E-state index contributed by atoms with van der Waals surface area (Å²) in [5.41, 5.74) is 11.3. The van der Waals surface area contributed by atoms with Crippen molar-refractivity contribution in [2.24, 2.45) is 0 Å². The van der Waals surface area contributed by atoms with Crippen LogP contribution in [0, 0.1) is 0 Å². The lowest BCUT2D eigenvalue weighted by Crippen LogP contribution is -2.05. The maximum atomic E-state index is 6.02. The number of hydrogen-bond donors (Lipinski definition) is 1. The highest BCUT2D eigenvalue weighted by Gasteiger charge is 2.18. The molecular weight excluding hydrogens is 334 g/mol. The Bertz CT molecular complexity index is 875. The molecule has 3 nitrogen and oxygen atoms in total. The minimum absolute atomic E-state index is 0.316. The second-order valence-corrected chi connectivity index (χ2v) is 7.14. The molecular formula is C19H15N3S2. The molecule has 5 heteroatoms. The zero-order valence-electron chi connectivity index (χ0n) is 12.8. The molecule has 0 aliphatic rings. The first-order valence-corrected chi connectivity index (χ1v) is 9.40. The van der Waals surface area contributed by atoms with Crippen LogP contribution >= 0.6 is 22.7 Å². The van der Waals surface area contributed by atoms with Crippen molar-refractivity contribution in [1.82, 2.24) is 9.97 Å².